The molecule has 1 aliphatic rings. The average Bonchev–Trinajstić information content (AvgIpc) is 2.47. The van der Waals surface area contributed by atoms with Gasteiger partial charge < -0.3 is 34.7 Å². The largest absolute Gasteiger partial charge is 1.00 e. The summed E-state index contributed by atoms with van der Waals surface area (Å²) in [4.78, 5) is 10.6. The van der Waals surface area contributed by atoms with E-state index in [0.29, 0.717) is 6.42 Å². The zero-order valence-corrected chi connectivity index (χ0v) is 15.3. The minimum absolute atomic E-state index is 0. The fraction of sp³-hybridized carbons (Fsp3) is 0.929. The molecule has 0 aliphatic carbocycles. The number of aliphatic hydroxyl groups is 3. The zero-order chi connectivity index (χ0) is 15.8. The first-order valence-corrected chi connectivity index (χ1v) is 7.49. The normalized spacial score (nSPS) is 27.7. The van der Waals surface area contributed by atoms with E-state index >= 15 is 0 Å². The van der Waals surface area contributed by atoms with Crippen molar-refractivity contribution < 1.29 is 64.3 Å². The van der Waals surface area contributed by atoms with Gasteiger partial charge in [-0.05, 0) is 12.8 Å². The van der Waals surface area contributed by atoms with Crippen LogP contribution in [0.2, 0.25) is 0 Å². The van der Waals surface area contributed by atoms with E-state index in [-0.39, 0.29) is 36.2 Å². The summed E-state index contributed by atoms with van der Waals surface area (Å²) in [7, 11) is 0. The molecule has 8 heteroatoms. The smallest absolute Gasteiger partial charge is 0.547 e. The molecule has 1 heterocycles. The van der Waals surface area contributed by atoms with Gasteiger partial charge in [-0.3, -0.25) is 0 Å². The molecule has 22 heavy (non-hydrogen) atoms. The number of rotatable bonds is 9. The summed E-state index contributed by atoms with van der Waals surface area (Å²) in [6.07, 6.45) is -0.892. The molecule has 7 nitrogen and oxygen atoms in total. The van der Waals surface area contributed by atoms with Crippen molar-refractivity contribution in [1.82, 2.24) is 0 Å². The monoisotopic (exact) mass is 328 g/mol. The predicted molar refractivity (Wildman–Crippen MR) is 71.0 cm³/mol. The van der Waals surface area contributed by atoms with Gasteiger partial charge in [0.25, 0.3) is 0 Å². The molecule has 0 aromatic rings. The molecule has 0 spiro atoms. The number of carbonyl (C=O) groups excluding carboxylic acids is 1. The summed E-state index contributed by atoms with van der Waals surface area (Å²) in [6, 6.07) is 0. The molecule has 0 aromatic carbocycles. The van der Waals surface area contributed by atoms with Gasteiger partial charge >= 0.3 is 29.6 Å². The number of hydrogen-bond acceptors (Lipinski definition) is 7. The second-order valence-corrected chi connectivity index (χ2v) is 5.39. The molecular formula is C14H25NaO7. The van der Waals surface area contributed by atoms with E-state index in [1.165, 1.54) is 6.42 Å². The van der Waals surface area contributed by atoms with Crippen LogP contribution in [0.1, 0.15) is 45.4 Å². The van der Waals surface area contributed by atoms with Crippen LogP contribution in [0.3, 0.4) is 0 Å². The Morgan fingerprint density at radius 1 is 1.27 bits per heavy atom. The van der Waals surface area contributed by atoms with Crippen LogP contribution in [0.4, 0.5) is 0 Å². The number of unbranched alkanes of at least 4 members (excludes halogenated alkanes) is 4. The van der Waals surface area contributed by atoms with Crippen molar-refractivity contribution in [2.45, 2.75) is 76.2 Å². The molecule has 1 saturated heterocycles. The van der Waals surface area contributed by atoms with E-state index in [1.54, 1.807) is 0 Å². The summed E-state index contributed by atoms with van der Waals surface area (Å²) in [5.41, 5.74) is 0. The zero-order valence-electron chi connectivity index (χ0n) is 13.3. The van der Waals surface area contributed by atoms with Gasteiger partial charge in [-0.15, -0.1) is 0 Å². The van der Waals surface area contributed by atoms with Crippen LogP contribution in [-0.2, 0) is 14.3 Å². The minimum Gasteiger partial charge on any atom is -0.547 e. The van der Waals surface area contributed by atoms with Gasteiger partial charge in [0, 0.05) is 0 Å². The third-order valence-corrected chi connectivity index (χ3v) is 3.59. The maximum Gasteiger partial charge on any atom is 1.00 e. The summed E-state index contributed by atoms with van der Waals surface area (Å²) < 4.78 is 10.7. The summed E-state index contributed by atoms with van der Waals surface area (Å²) in [6.45, 7) is 2.06. The summed E-state index contributed by atoms with van der Waals surface area (Å²) >= 11 is 0. The van der Waals surface area contributed by atoms with E-state index in [4.69, 9.17) is 9.47 Å². The van der Waals surface area contributed by atoms with Crippen LogP contribution < -0.4 is 34.7 Å². The van der Waals surface area contributed by atoms with Crippen molar-refractivity contribution >= 4 is 5.97 Å². The van der Waals surface area contributed by atoms with Crippen LogP contribution in [0, 0.1) is 0 Å². The first kappa shape index (κ1) is 22.3. The number of carbonyl (C=O) groups is 1. The van der Waals surface area contributed by atoms with E-state index in [0.717, 1.165) is 25.7 Å². The van der Waals surface area contributed by atoms with Gasteiger partial charge in [0.15, 0.2) is 6.29 Å². The van der Waals surface area contributed by atoms with Crippen molar-refractivity contribution in [3.05, 3.63) is 0 Å². The average molecular weight is 328 g/mol. The fourth-order valence-electron chi connectivity index (χ4n) is 2.30. The topological polar surface area (TPSA) is 119 Å². The molecule has 1 unspecified atom stereocenters. The molecule has 5 atom stereocenters. The van der Waals surface area contributed by atoms with Crippen molar-refractivity contribution in [2.24, 2.45) is 0 Å². The fourth-order valence-corrected chi connectivity index (χ4v) is 2.30. The second kappa shape index (κ2) is 11.8. The van der Waals surface area contributed by atoms with E-state index in [9.17, 15) is 25.2 Å². The van der Waals surface area contributed by atoms with Crippen LogP contribution in [-0.4, -0.2) is 58.6 Å². The Labute approximate surface area is 152 Å². The maximum atomic E-state index is 10.6. The molecule has 1 rings (SSSR count). The van der Waals surface area contributed by atoms with Crippen LogP contribution in [0.25, 0.3) is 0 Å². The Hall–Kier alpha value is 0.270. The molecule has 0 amide bonds. The van der Waals surface area contributed by atoms with Crippen molar-refractivity contribution in [3.63, 3.8) is 0 Å². The first-order valence-electron chi connectivity index (χ1n) is 7.49. The minimum atomic E-state index is -2.10. The number of aliphatic hydroxyl groups excluding tert-OH is 3. The van der Waals surface area contributed by atoms with Gasteiger partial charge in [-0.2, -0.15) is 0 Å². The van der Waals surface area contributed by atoms with E-state index < -0.39 is 36.7 Å². The molecule has 0 aromatic heterocycles. The Bertz CT molecular complexity index is 316. The molecule has 0 bridgehead atoms. The molecule has 124 valence electrons. The number of aliphatic carboxylic acids is 1. The van der Waals surface area contributed by atoms with E-state index in [2.05, 4.69) is 6.92 Å². The number of ether oxygens (including phenoxy) is 2. The number of hydrogen-bond donors (Lipinski definition) is 3. The first-order chi connectivity index (χ1) is 9.97. The van der Waals surface area contributed by atoms with Crippen LogP contribution in [0.5, 0.6) is 0 Å². The van der Waals surface area contributed by atoms with Gasteiger partial charge in [0.1, 0.15) is 24.4 Å². The van der Waals surface area contributed by atoms with Crippen molar-refractivity contribution in [3.8, 4) is 0 Å². The third-order valence-electron chi connectivity index (χ3n) is 3.59. The van der Waals surface area contributed by atoms with Gasteiger partial charge in [-0.1, -0.05) is 32.6 Å². The van der Waals surface area contributed by atoms with Crippen molar-refractivity contribution in [1.29, 1.82) is 0 Å². The standard InChI is InChI=1S/C14H26O7.Na/c1-2-3-4-5-6-7-10-20-8-9(15)13(21-10)11(16)12(17)14(18)19;/h9-13,15-17H,2-8H2,1H3,(H,18,19);/q;+1/p-1/t9-,10?,11-,12-,13-;/m1./s1. The molecule has 0 radical (unpaired) electrons. The van der Waals surface area contributed by atoms with Gasteiger partial charge in [0.05, 0.1) is 12.6 Å². The SMILES string of the molecule is CCCCCCCC1OC[C@@H](O)[C@H]([C@H](O)[C@@H](O)C(=O)[O-])O1.[Na+]. The summed E-state index contributed by atoms with van der Waals surface area (Å²) in [5.74, 6) is -1.80. The predicted octanol–water partition coefficient (Wildman–Crippen LogP) is -4.07. The molecule has 1 aliphatic heterocycles. The Kier molecular flexibility index (Phi) is 11.9. The maximum absolute atomic E-state index is 10.6. The molecule has 3 N–H and O–H groups in total. The number of carboxylic acid groups (broad SMARTS) is 1. The Morgan fingerprint density at radius 3 is 2.50 bits per heavy atom. The van der Waals surface area contributed by atoms with Crippen LogP contribution in [0.15, 0.2) is 0 Å². The molecular weight excluding hydrogens is 303 g/mol. The second-order valence-electron chi connectivity index (χ2n) is 5.39. The molecule has 0 saturated carbocycles. The Balaban J connectivity index is 0.00000441. The van der Waals surface area contributed by atoms with Gasteiger partial charge in [-0.25, -0.2) is 0 Å². The molecule has 1 fully saturated rings. The van der Waals surface area contributed by atoms with E-state index in [1.807, 2.05) is 0 Å². The summed E-state index contributed by atoms with van der Waals surface area (Å²) in [5, 5.41) is 39.3. The quantitative estimate of drug-likeness (QED) is 0.291. The van der Waals surface area contributed by atoms with Crippen LogP contribution >= 0.6 is 0 Å². The third kappa shape index (κ3) is 7.23. The van der Waals surface area contributed by atoms with Gasteiger partial charge in [0.2, 0.25) is 0 Å². The number of carboxylic acids is 1. The van der Waals surface area contributed by atoms with Crippen molar-refractivity contribution in [2.75, 3.05) is 6.61 Å². The Morgan fingerprint density at radius 2 is 1.91 bits per heavy atom.